The Morgan fingerprint density at radius 3 is 2.06 bits per heavy atom. The summed E-state index contributed by atoms with van der Waals surface area (Å²) in [7, 11) is 2.58. The van der Waals surface area contributed by atoms with Crippen LogP contribution in [0.2, 0.25) is 0 Å². The van der Waals surface area contributed by atoms with Crippen LogP contribution in [0.3, 0.4) is 0 Å². The summed E-state index contributed by atoms with van der Waals surface area (Å²) >= 11 is 0. The van der Waals surface area contributed by atoms with Gasteiger partial charge in [0.2, 0.25) is 0 Å². The van der Waals surface area contributed by atoms with Crippen LogP contribution < -0.4 is 15.2 Å². The maximum atomic E-state index is 12.4. The highest BCUT2D eigenvalue weighted by atomic mass is 19.4. The molecule has 1 aromatic carbocycles. The summed E-state index contributed by atoms with van der Waals surface area (Å²) in [5, 5.41) is 9.46. The molecule has 3 N–H and O–H groups in total. The lowest BCUT2D eigenvalue weighted by atomic mass is 10.1. The first-order chi connectivity index (χ1) is 7.81. The number of rotatable bonds is 3. The van der Waals surface area contributed by atoms with E-state index < -0.39 is 23.5 Å². The van der Waals surface area contributed by atoms with E-state index in [1.165, 1.54) is 14.2 Å². The molecule has 0 aliphatic heterocycles. The predicted molar refractivity (Wildman–Crippen MR) is 54.2 cm³/mol. The molecule has 96 valence electrons. The van der Waals surface area contributed by atoms with Gasteiger partial charge in [0, 0.05) is 11.6 Å². The van der Waals surface area contributed by atoms with Crippen LogP contribution in [0.5, 0.6) is 17.2 Å². The normalized spacial score (nSPS) is 13.3. The lowest BCUT2D eigenvalue weighted by Gasteiger charge is -2.18. The molecule has 0 bridgehead atoms. The fourth-order valence-electron chi connectivity index (χ4n) is 1.31. The second-order valence-corrected chi connectivity index (χ2v) is 3.29. The van der Waals surface area contributed by atoms with Crippen molar-refractivity contribution >= 4 is 0 Å². The molecule has 4 nitrogen and oxygen atoms in total. The average molecular weight is 251 g/mol. The zero-order valence-corrected chi connectivity index (χ0v) is 9.21. The van der Waals surface area contributed by atoms with Crippen molar-refractivity contribution in [3.63, 3.8) is 0 Å². The molecule has 0 saturated heterocycles. The van der Waals surface area contributed by atoms with Crippen LogP contribution in [0.1, 0.15) is 11.6 Å². The average Bonchev–Trinajstić information content (AvgIpc) is 2.26. The zero-order chi connectivity index (χ0) is 13.2. The highest BCUT2D eigenvalue weighted by molar-refractivity contribution is 5.51. The smallest absolute Gasteiger partial charge is 0.407 e. The van der Waals surface area contributed by atoms with Crippen molar-refractivity contribution in [2.45, 2.75) is 12.2 Å². The molecule has 17 heavy (non-hydrogen) atoms. The summed E-state index contributed by atoms with van der Waals surface area (Å²) in [5.41, 5.74) is 4.54. The number of hydrogen-bond acceptors (Lipinski definition) is 4. The molecular weight excluding hydrogens is 239 g/mol. The van der Waals surface area contributed by atoms with Crippen molar-refractivity contribution in [3.8, 4) is 17.2 Å². The Morgan fingerprint density at radius 1 is 1.18 bits per heavy atom. The molecule has 0 aliphatic rings. The highest BCUT2D eigenvalue weighted by Crippen LogP contribution is 2.40. The molecule has 1 aromatic rings. The number of nitrogens with two attached hydrogens (primary N) is 1. The van der Waals surface area contributed by atoms with Gasteiger partial charge in [-0.3, -0.25) is 0 Å². The maximum Gasteiger partial charge on any atom is 0.407 e. The van der Waals surface area contributed by atoms with Gasteiger partial charge >= 0.3 is 6.18 Å². The van der Waals surface area contributed by atoms with Crippen LogP contribution in [0.15, 0.2) is 12.1 Å². The number of halogens is 3. The molecule has 7 heteroatoms. The Balaban J connectivity index is 3.26. The van der Waals surface area contributed by atoms with E-state index in [2.05, 4.69) is 0 Å². The van der Waals surface area contributed by atoms with Crippen LogP contribution in [0.4, 0.5) is 13.2 Å². The Labute approximate surface area is 95.7 Å². The summed E-state index contributed by atoms with van der Waals surface area (Å²) in [6, 6.07) is -0.242. The number of phenols is 1. The van der Waals surface area contributed by atoms with Crippen LogP contribution in [0.25, 0.3) is 0 Å². The molecule has 0 amide bonds. The van der Waals surface area contributed by atoms with Crippen LogP contribution in [-0.2, 0) is 0 Å². The lowest BCUT2D eigenvalue weighted by molar-refractivity contribution is -0.149. The second-order valence-electron chi connectivity index (χ2n) is 3.29. The number of aromatic hydroxyl groups is 1. The van der Waals surface area contributed by atoms with Gasteiger partial charge < -0.3 is 20.3 Å². The van der Waals surface area contributed by atoms with Crippen molar-refractivity contribution in [1.82, 2.24) is 0 Å². The zero-order valence-electron chi connectivity index (χ0n) is 9.21. The third-order valence-electron chi connectivity index (χ3n) is 2.22. The summed E-state index contributed by atoms with van der Waals surface area (Å²) in [6.07, 6.45) is -4.64. The largest absolute Gasteiger partial charge is 0.507 e. The van der Waals surface area contributed by atoms with E-state index in [4.69, 9.17) is 15.2 Å². The van der Waals surface area contributed by atoms with Crippen LogP contribution in [0, 0.1) is 0 Å². The van der Waals surface area contributed by atoms with Gasteiger partial charge in [0.1, 0.15) is 11.8 Å². The molecular formula is C10H12F3NO3. The lowest BCUT2D eigenvalue weighted by Crippen LogP contribution is -2.28. The number of hydrogen-bond donors (Lipinski definition) is 2. The maximum absolute atomic E-state index is 12.4. The fraction of sp³-hybridized carbons (Fsp3) is 0.400. The fourth-order valence-corrected chi connectivity index (χ4v) is 1.31. The SMILES string of the molecule is COc1cc(O)c([C@@H](N)C(F)(F)F)cc1OC. The molecule has 0 aliphatic carbocycles. The third kappa shape index (κ3) is 2.73. The number of ether oxygens (including phenoxy) is 2. The molecule has 1 atom stereocenters. The highest BCUT2D eigenvalue weighted by Gasteiger charge is 2.39. The van der Waals surface area contributed by atoms with Crippen LogP contribution >= 0.6 is 0 Å². The topological polar surface area (TPSA) is 64.7 Å². The Bertz CT molecular complexity index is 407. The molecule has 0 saturated carbocycles. The first-order valence-electron chi connectivity index (χ1n) is 4.58. The van der Waals surface area contributed by atoms with E-state index in [-0.39, 0.29) is 11.5 Å². The van der Waals surface area contributed by atoms with Gasteiger partial charge in [-0.25, -0.2) is 0 Å². The first-order valence-corrected chi connectivity index (χ1v) is 4.58. The number of benzene rings is 1. The van der Waals surface area contributed by atoms with Gasteiger partial charge in [0.05, 0.1) is 14.2 Å². The Morgan fingerprint density at radius 2 is 1.65 bits per heavy atom. The van der Waals surface area contributed by atoms with Gasteiger partial charge in [-0.1, -0.05) is 0 Å². The number of phenolic OH excluding ortho intramolecular Hbond substituents is 1. The minimum atomic E-state index is -4.64. The van der Waals surface area contributed by atoms with Gasteiger partial charge in [-0.15, -0.1) is 0 Å². The molecule has 0 aromatic heterocycles. The van der Waals surface area contributed by atoms with E-state index in [9.17, 15) is 18.3 Å². The molecule has 1 rings (SSSR count). The van der Waals surface area contributed by atoms with E-state index in [0.717, 1.165) is 12.1 Å². The van der Waals surface area contributed by atoms with Gasteiger partial charge in [-0.05, 0) is 6.07 Å². The molecule has 0 heterocycles. The predicted octanol–water partition coefficient (Wildman–Crippen LogP) is 1.97. The van der Waals surface area contributed by atoms with Gasteiger partial charge in [-0.2, -0.15) is 13.2 Å². The third-order valence-corrected chi connectivity index (χ3v) is 2.22. The minimum Gasteiger partial charge on any atom is -0.507 e. The Hall–Kier alpha value is -1.63. The molecule has 0 radical (unpaired) electrons. The first kappa shape index (κ1) is 13.4. The van der Waals surface area contributed by atoms with Gasteiger partial charge in [0.25, 0.3) is 0 Å². The van der Waals surface area contributed by atoms with Crippen molar-refractivity contribution in [2.75, 3.05) is 14.2 Å². The van der Waals surface area contributed by atoms with E-state index in [1.807, 2.05) is 0 Å². The summed E-state index contributed by atoms with van der Waals surface area (Å²) in [6.45, 7) is 0. The van der Waals surface area contributed by atoms with Crippen LogP contribution in [-0.4, -0.2) is 25.5 Å². The number of alkyl halides is 3. The molecule has 0 unspecified atom stereocenters. The summed E-state index contributed by atoms with van der Waals surface area (Å²) < 4.78 is 46.9. The second kappa shape index (κ2) is 4.70. The van der Waals surface area contributed by atoms with E-state index >= 15 is 0 Å². The number of methoxy groups -OCH3 is 2. The van der Waals surface area contributed by atoms with Gasteiger partial charge in [0.15, 0.2) is 11.5 Å². The minimum absolute atomic E-state index is 0.0694. The van der Waals surface area contributed by atoms with Crippen molar-refractivity contribution in [2.24, 2.45) is 5.73 Å². The summed E-state index contributed by atoms with van der Waals surface area (Å²) in [4.78, 5) is 0. The quantitative estimate of drug-likeness (QED) is 0.862. The monoisotopic (exact) mass is 251 g/mol. The van der Waals surface area contributed by atoms with Crippen molar-refractivity contribution in [3.05, 3.63) is 17.7 Å². The van der Waals surface area contributed by atoms with Crippen molar-refractivity contribution in [1.29, 1.82) is 0 Å². The van der Waals surface area contributed by atoms with E-state index in [0.29, 0.717) is 0 Å². The molecule has 0 spiro atoms. The van der Waals surface area contributed by atoms with E-state index in [1.54, 1.807) is 0 Å². The Kier molecular flexibility index (Phi) is 3.72. The summed E-state index contributed by atoms with van der Waals surface area (Å²) in [5.74, 6) is -0.393. The molecule has 0 fully saturated rings. The van der Waals surface area contributed by atoms with Crippen molar-refractivity contribution < 1.29 is 27.8 Å². The standard InChI is InChI=1S/C10H12F3NO3/c1-16-7-3-5(9(14)10(11,12)13)6(15)4-8(7)17-2/h3-4,9,15H,14H2,1-2H3/t9-/m1/s1.